The number of rotatable bonds is 1. The Balaban J connectivity index is 2.22. The number of hydrogen-bond acceptors (Lipinski definition) is 2. The summed E-state index contributed by atoms with van der Waals surface area (Å²) >= 11 is 1.97. The molecule has 0 radical (unpaired) electrons. The molecular weight excluding hydrogens is 217 g/mol. The van der Waals surface area contributed by atoms with Crippen molar-refractivity contribution in [2.24, 2.45) is 0 Å². The Bertz CT molecular complexity index is 78.8. The van der Waals surface area contributed by atoms with Gasteiger partial charge < -0.3 is 7.97 Å². The molecule has 0 unspecified atom stereocenters. The monoisotopic (exact) mass is 227 g/mol. The van der Waals surface area contributed by atoms with E-state index in [-0.39, 0.29) is 0 Å². The summed E-state index contributed by atoms with van der Waals surface area (Å²) in [5.74, 6) is 0. The fourth-order valence-corrected chi connectivity index (χ4v) is 1.38. The van der Waals surface area contributed by atoms with E-state index in [1.807, 2.05) is 23.0 Å². The highest BCUT2D eigenvalue weighted by atomic mass is 127. The van der Waals surface area contributed by atoms with E-state index in [0.29, 0.717) is 6.10 Å². The summed E-state index contributed by atoms with van der Waals surface area (Å²) in [5, 5.41) is 0. The first-order chi connectivity index (χ1) is 3.83. The normalized spacial score (nSPS) is 31.5. The average Bonchev–Trinajstić information content (AvgIpc) is 2.14. The summed E-state index contributed by atoms with van der Waals surface area (Å²) in [7, 11) is 2.12. The molecule has 0 aromatic rings. The van der Waals surface area contributed by atoms with Gasteiger partial charge >= 0.3 is 0 Å². The van der Waals surface area contributed by atoms with Crippen molar-refractivity contribution in [1.82, 2.24) is 4.90 Å². The zero-order chi connectivity index (χ0) is 5.98. The van der Waals surface area contributed by atoms with Crippen LogP contribution in [0.1, 0.15) is 6.42 Å². The Morgan fingerprint density at radius 2 is 2.50 bits per heavy atom. The van der Waals surface area contributed by atoms with Crippen LogP contribution < -0.4 is 0 Å². The third kappa shape index (κ3) is 1.56. The Morgan fingerprint density at radius 1 is 1.75 bits per heavy atom. The molecule has 8 heavy (non-hydrogen) atoms. The fraction of sp³-hybridized carbons (Fsp3) is 1.00. The van der Waals surface area contributed by atoms with Crippen LogP contribution in [0, 0.1) is 0 Å². The van der Waals surface area contributed by atoms with Crippen molar-refractivity contribution in [3.63, 3.8) is 0 Å². The van der Waals surface area contributed by atoms with Crippen LogP contribution in [0.5, 0.6) is 0 Å². The van der Waals surface area contributed by atoms with Crippen molar-refractivity contribution >= 4 is 23.0 Å². The average molecular weight is 227 g/mol. The van der Waals surface area contributed by atoms with Crippen LogP contribution in [0.15, 0.2) is 0 Å². The lowest BCUT2D eigenvalue weighted by atomic mass is 10.3. The van der Waals surface area contributed by atoms with Crippen molar-refractivity contribution in [3.8, 4) is 0 Å². The van der Waals surface area contributed by atoms with E-state index in [1.165, 1.54) is 13.0 Å². The Labute approximate surface area is 63.9 Å². The van der Waals surface area contributed by atoms with Gasteiger partial charge in [0, 0.05) is 13.1 Å². The summed E-state index contributed by atoms with van der Waals surface area (Å²) in [6.45, 7) is 2.29. The third-order valence-electron chi connectivity index (χ3n) is 1.47. The number of likely N-dealkylation sites (tertiary alicyclic amines) is 1. The zero-order valence-electron chi connectivity index (χ0n) is 4.93. The molecule has 0 aliphatic carbocycles. The van der Waals surface area contributed by atoms with E-state index in [1.54, 1.807) is 0 Å². The van der Waals surface area contributed by atoms with E-state index >= 15 is 0 Å². The first kappa shape index (κ1) is 6.77. The van der Waals surface area contributed by atoms with Crippen LogP contribution in [-0.4, -0.2) is 31.1 Å². The topological polar surface area (TPSA) is 12.5 Å². The van der Waals surface area contributed by atoms with Crippen molar-refractivity contribution in [1.29, 1.82) is 0 Å². The molecule has 3 heteroatoms. The molecule has 0 N–H and O–H groups in total. The summed E-state index contributed by atoms with van der Waals surface area (Å²) in [4.78, 5) is 2.28. The minimum atomic E-state index is 0.487. The summed E-state index contributed by atoms with van der Waals surface area (Å²) in [5.41, 5.74) is 0. The van der Waals surface area contributed by atoms with Gasteiger partial charge in [0.2, 0.25) is 0 Å². The van der Waals surface area contributed by atoms with Crippen LogP contribution in [-0.2, 0) is 3.07 Å². The highest BCUT2D eigenvalue weighted by Gasteiger charge is 2.18. The summed E-state index contributed by atoms with van der Waals surface area (Å²) in [6, 6.07) is 0. The Morgan fingerprint density at radius 3 is 2.75 bits per heavy atom. The van der Waals surface area contributed by atoms with Gasteiger partial charge in [0.15, 0.2) is 0 Å². The molecule has 0 amide bonds. The molecule has 1 aliphatic rings. The maximum Gasteiger partial charge on any atom is 0.110 e. The molecule has 0 aromatic carbocycles. The van der Waals surface area contributed by atoms with Crippen LogP contribution in [0.2, 0.25) is 0 Å². The lowest BCUT2D eigenvalue weighted by molar-refractivity contribution is 0.281. The van der Waals surface area contributed by atoms with E-state index in [9.17, 15) is 0 Å². The molecule has 1 rings (SSSR count). The number of hydrogen-bond donors (Lipinski definition) is 0. The van der Waals surface area contributed by atoms with Crippen LogP contribution in [0.25, 0.3) is 0 Å². The van der Waals surface area contributed by atoms with Gasteiger partial charge in [-0.15, -0.1) is 0 Å². The van der Waals surface area contributed by atoms with E-state index in [0.717, 1.165) is 6.54 Å². The predicted octanol–water partition coefficient (Wildman–Crippen LogP) is 1.06. The molecule has 0 saturated carbocycles. The van der Waals surface area contributed by atoms with Gasteiger partial charge in [-0.25, -0.2) is 0 Å². The lowest BCUT2D eigenvalue weighted by Crippen LogP contribution is -2.16. The van der Waals surface area contributed by atoms with Crippen molar-refractivity contribution in [3.05, 3.63) is 0 Å². The molecule has 1 atom stereocenters. The zero-order valence-corrected chi connectivity index (χ0v) is 7.09. The van der Waals surface area contributed by atoms with E-state index in [2.05, 4.69) is 11.9 Å². The second-order valence-electron chi connectivity index (χ2n) is 2.26. The van der Waals surface area contributed by atoms with E-state index < -0.39 is 0 Å². The molecular formula is C5H10INO. The quantitative estimate of drug-likeness (QED) is 0.621. The molecule has 0 aromatic heterocycles. The number of nitrogens with zero attached hydrogens (tertiary/aromatic N) is 1. The van der Waals surface area contributed by atoms with Crippen LogP contribution in [0.3, 0.4) is 0 Å². The SMILES string of the molecule is CN1CC[C@@H](OI)C1. The smallest absolute Gasteiger partial charge is 0.110 e. The third-order valence-corrected chi connectivity index (χ3v) is 2.19. The lowest BCUT2D eigenvalue weighted by Gasteiger charge is -2.05. The number of halogens is 1. The van der Waals surface area contributed by atoms with Crippen molar-refractivity contribution in [2.45, 2.75) is 12.5 Å². The Kier molecular flexibility index (Phi) is 2.52. The number of likely N-dealkylation sites (N-methyl/N-ethyl adjacent to an activating group) is 1. The molecule has 1 fully saturated rings. The Hall–Kier alpha value is 0.650. The van der Waals surface area contributed by atoms with Crippen LogP contribution in [0.4, 0.5) is 0 Å². The first-order valence-electron chi connectivity index (χ1n) is 2.79. The highest BCUT2D eigenvalue weighted by molar-refractivity contribution is 14.1. The molecule has 1 saturated heterocycles. The highest BCUT2D eigenvalue weighted by Crippen LogP contribution is 2.12. The second-order valence-corrected chi connectivity index (χ2v) is 2.77. The summed E-state index contributed by atoms with van der Waals surface area (Å²) < 4.78 is 5.11. The predicted molar refractivity (Wildman–Crippen MR) is 41.0 cm³/mol. The van der Waals surface area contributed by atoms with Gasteiger partial charge in [0.25, 0.3) is 0 Å². The first-order valence-corrected chi connectivity index (χ1v) is 3.67. The van der Waals surface area contributed by atoms with Crippen molar-refractivity contribution in [2.75, 3.05) is 20.1 Å². The molecule has 0 spiro atoms. The van der Waals surface area contributed by atoms with Gasteiger partial charge in [-0.3, -0.25) is 0 Å². The van der Waals surface area contributed by atoms with Gasteiger partial charge in [0.1, 0.15) is 23.0 Å². The maximum atomic E-state index is 5.11. The molecule has 0 bridgehead atoms. The van der Waals surface area contributed by atoms with Gasteiger partial charge in [-0.2, -0.15) is 0 Å². The van der Waals surface area contributed by atoms with Crippen molar-refractivity contribution < 1.29 is 3.07 Å². The molecule has 1 aliphatic heterocycles. The second kappa shape index (κ2) is 2.98. The van der Waals surface area contributed by atoms with Gasteiger partial charge in [-0.1, -0.05) is 0 Å². The minimum absolute atomic E-state index is 0.487. The molecule has 2 nitrogen and oxygen atoms in total. The minimum Gasteiger partial charge on any atom is -0.311 e. The van der Waals surface area contributed by atoms with Gasteiger partial charge in [0.05, 0.1) is 6.10 Å². The maximum absolute atomic E-state index is 5.11. The standard InChI is InChI=1S/C5H10INO/c1-7-3-2-5(4-7)8-6/h5H,2-4H2,1H3/t5-/m1/s1. The van der Waals surface area contributed by atoms with Gasteiger partial charge in [-0.05, 0) is 13.5 Å². The summed E-state index contributed by atoms with van der Waals surface area (Å²) in [6.07, 6.45) is 1.68. The fourth-order valence-electron chi connectivity index (χ4n) is 0.967. The largest absolute Gasteiger partial charge is 0.311 e. The van der Waals surface area contributed by atoms with E-state index in [4.69, 9.17) is 3.07 Å². The van der Waals surface area contributed by atoms with Crippen LogP contribution >= 0.6 is 23.0 Å². The molecule has 1 heterocycles. The molecule has 48 valence electrons.